The lowest BCUT2D eigenvalue weighted by Gasteiger charge is -2.27. The van der Waals surface area contributed by atoms with Crippen LogP contribution in [0.5, 0.6) is 0 Å². The molecule has 3 unspecified atom stereocenters. The molecule has 0 aromatic carbocycles. The smallest absolute Gasteiger partial charge is 0.456 e. The summed E-state index contributed by atoms with van der Waals surface area (Å²) in [5.41, 5.74) is 0. The van der Waals surface area contributed by atoms with Crippen LogP contribution < -0.4 is 5.32 Å². The van der Waals surface area contributed by atoms with E-state index < -0.39 is 20.0 Å². The lowest BCUT2D eigenvalue weighted by molar-refractivity contribution is -0.870. The van der Waals surface area contributed by atoms with Crippen LogP contribution in [0, 0.1) is 0 Å². The van der Waals surface area contributed by atoms with Gasteiger partial charge in [0.15, 0.2) is 0 Å². The van der Waals surface area contributed by atoms with Crippen molar-refractivity contribution < 1.29 is 37.3 Å². The Morgan fingerprint density at radius 2 is 0.726 bits per heavy atom. The Kier molecular flexibility index (Phi) is 62.9. The summed E-state index contributed by atoms with van der Waals surface area (Å²) in [5.74, 6) is -0.486. The molecule has 0 aromatic heterocycles. The minimum Gasteiger partial charge on any atom is -0.456 e. The van der Waals surface area contributed by atoms with Gasteiger partial charge in [0, 0.05) is 12.8 Å². The number of quaternary nitrogens is 1. The standard InChI is InChI=1S/C74H143N2O7P/c1-7-10-13-16-19-22-25-28-30-32-34-36-37-38-39-41-43-45-47-49-52-55-58-61-64-67-74(78)83-72(65-62-59-56-53-50-27-24-21-18-15-12-9-3)71(70-82-84(79,80)81-69-68-76(4,5)6)75-73(77)66-63-60-57-54-51-48-46-44-42-40-35-33-31-29-26-23-20-17-14-11-8-2/h20,23,29,31,62,65,71-72H,7-19,21-22,24-28,30,32-61,63-64,66-70H2,1-6H3,(H-,75,77,79,80)/p+1/b23-20-,31-29-,65-62+. The molecule has 0 aromatic rings. The first-order valence-corrected chi connectivity index (χ1v) is 38.3. The lowest BCUT2D eigenvalue weighted by Crippen LogP contribution is -2.47. The number of allylic oxidation sites excluding steroid dienone is 5. The van der Waals surface area contributed by atoms with Crippen molar-refractivity contribution in [3.63, 3.8) is 0 Å². The van der Waals surface area contributed by atoms with E-state index in [0.717, 1.165) is 64.2 Å². The van der Waals surface area contributed by atoms with Crippen LogP contribution in [0.1, 0.15) is 374 Å². The predicted octanol–water partition coefficient (Wildman–Crippen LogP) is 23.4. The van der Waals surface area contributed by atoms with E-state index in [-0.39, 0.29) is 25.1 Å². The number of carbonyl (C=O) groups excluding carboxylic acids is 2. The first-order chi connectivity index (χ1) is 40.9. The van der Waals surface area contributed by atoms with E-state index in [1.54, 1.807) is 0 Å². The van der Waals surface area contributed by atoms with E-state index in [9.17, 15) is 19.0 Å². The fourth-order valence-corrected chi connectivity index (χ4v) is 11.9. The van der Waals surface area contributed by atoms with Gasteiger partial charge in [-0.3, -0.25) is 18.6 Å². The van der Waals surface area contributed by atoms with Crippen LogP contribution in [0.15, 0.2) is 36.5 Å². The molecular weight excluding hydrogens is 1060 g/mol. The average molecular weight is 1200 g/mol. The van der Waals surface area contributed by atoms with Crippen molar-refractivity contribution in [2.45, 2.75) is 386 Å². The molecule has 1 amide bonds. The quantitative estimate of drug-likeness (QED) is 0.0205. The van der Waals surface area contributed by atoms with Crippen LogP contribution >= 0.6 is 7.82 Å². The molecule has 9 nitrogen and oxygen atoms in total. The first kappa shape index (κ1) is 82.2. The number of esters is 1. The van der Waals surface area contributed by atoms with E-state index in [1.807, 2.05) is 33.3 Å². The number of phosphoric ester groups is 1. The van der Waals surface area contributed by atoms with Crippen molar-refractivity contribution in [2.24, 2.45) is 0 Å². The monoisotopic (exact) mass is 1200 g/mol. The van der Waals surface area contributed by atoms with Gasteiger partial charge in [0.25, 0.3) is 0 Å². The van der Waals surface area contributed by atoms with Gasteiger partial charge in [-0.2, -0.15) is 0 Å². The minimum atomic E-state index is -4.45. The molecule has 0 fully saturated rings. The van der Waals surface area contributed by atoms with Gasteiger partial charge < -0.3 is 19.4 Å². The molecule has 0 radical (unpaired) electrons. The van der Waals surface area contributed by atoms with Crippen LogP contribution in [0.3, 0.4) is 0 Å². The average Bonchev–Trinajstić information content (AvgIpc) is 3.64. The summed E-state index contributed by atoms with van der Waals surface area (Å²) in [5, 5.41) is 3.08. The topological polar surface area (TPSA) is 111 Å². The maximum absolute atomic E-state index is 13.6. The zero-order valence-electron chi connectivity index (χ0n) is 56.9. The molecule has 496 valence electrons. The van der Waals surface area contributed by atoms with Gasteiger partial charge in [-0.05, 0) is 63.9 Å². The molecule has 0 bridgehead atoms. The largest absolute Gasteiger partial charge is 0.472 e. The molecule has 0 aliphatic carbocycles. The van der Waals surface area contributed by atoms with Gasteiger partial charge in [-0.1, -0.05) is 334 Å². The third-order valence-corrected chi connectivity index (χ3v) is 17.8. The first-order valence-electron chi connectivity index (χ1n) is 36.8. The zero-order chi connectivity index (χ0) is 61.4. The highest BCUT2D eigenvalue weighted by Gasteiger charge is 2.30. The highest BCUT2D eigenvalue weighted by molar-refractivity contribution is 7.47. The molecule has 0 saturated heterocycles. The summed E-state index contributed by atoms with van der Waals surface area (Å²) in [6.07, 6.45) is 80.2. The SMILES string of the molecule is CCCCC/C=C\C/C=C\CCCCCCCCCCCCCC(=O)NC(COP(=O)(O)OCC[N+](C)(C)C)C(/C=C/CCCCCCCCCCCC)OC(=O)CCCCCCCCCCCCCCCCCCCCCCCCCCC. The summed E-state index contributed by atoms with van der Waals surface area (Å²) in [6.45, 7) is 7.05. The van der Waals surface area contributed by atoms with Crippen molar-refractivity contribution >= 4 is 19.7 Å². The Hall–Kier alpha value is -1.77. The van der Waals surface area contributed by atoms with Crippen LogP contribution in [0.2, 0.25) is 0 Å². The number of unbranched alkanes of at least 4 members (excludes halogenated alkanes) is 48. The second-order valence-corrected chi connectivity index (χ2v) is 27.9. The number of phosphoric acid groups is 1. The maximum atomic E-state index is 13.6. The maximum Gasteiger partial charge on any atom is 0.472 e. The van der Waals surface area contributed by atoms with E-state index in [4.69, 9.17) is 13.8 Å². The third-order valence-electron chi connectivity index (χ3n) is 16.8. The molecule has 84 heavy (non-hydrogen) atoms. The van der Waals surface area contributed by atoms with E-state index in [0.29, 0.717) is 23.9 Å². The number of carbonyl (C=O) groups is 2. The Balaban J connectivity index is 4.99. The van der Waals surface area contributed by atoms with Gasteiger partial charge in [0.1, 0.15) is 19.3 Å². The predicted molar refractivity (Wildman–Crippen MR) is 365 cm³/mol. The summed E-state index contributed by atoms with van der Waals surface area (Å²) in [7, 11) is 1.51. The molecule has 2 N–H and O–H groups in total. The molecule has 0 aliphatic rings. The number of hydrogen-bond acceptors (Lipinski definition) is 6. The molecule has 0 spiro atoms. The molecule has 0 rings (SSSR count). The van der Waals surface area contributed by atoms with Crippen LogP contribution in [-0.2, 0) is 27.9 Å². The number of rotatable bonds is 68. The number of amides is 1. The number of nitrogens with one attached hydrogen (secondary N) is 1. The Labute approximate surface area is 523 Å². The number of likely N-dealkylation sites (N-methyl/N-ethyl adjacent to an activating group) is 1. The van der Waals surface area contributed by atoms with E-state index in [1.165, 1.54) is 276 Å². The van der Waals surface area contributed by atoms with E-state index in [2.05, 4.69) is 50.4 Å². The molecular formula is C74H144N2O7P+. The van der Waals surface area contributed by atoms with Crippen LogP contribution in [0.4, 0.5) is 0 Å². The van der Waals surface area contributed by atoms with Gasteiger partial charge in [0.05, 0.1) is 33.8 Å². The Morgan fingerprint density at radius 1 is 0.417 bits per heavy atom. The van der Waals surface area contributed by atoms with Gasteiger partial charge in [-0.25, -0.2) is 4.57 Å². The van der Waals surface area contributed by atoms with Crippen molar-refractivity contribution in [3.8, 4) is 0 Å². The minimum absolute atomic E-state index is 0.0427. The normalized spacial score (nSPS) is 13.7. The van der Waals surface area contributed by atoms with Crippen molar-refractivity contribution in [3.05, 3.63) is 36.5 Å². The van der Waals surface area contributed by atoms with Gasteiger partial charge in [-0.15, -0.1) is 0 Å². The summed E-state index contributed by atoms with van der Waals surface area (Å²) >= 11 is 0. The van der Waals surface area contributed by atoms with Gasteiger partial charge in [0.2, 0.25) is 5.91 Å². The van der Waals surface area contributed by atoms with Crippen LogP contribution in [0.25, 0.3) is 0 Å². The van der Waals surface area contributed by atoms with Crippen molar-refractivity contribution in [1.82, 2.24) is 5.32 Å². The molecule has 10 heteroatoms. The summed E-state index contributed by atoms with van der Waals surface area (Å²) in [4.78, 5) is 37.9. The highest BCUT2D eigenvalue weighted by Crippen LogP contribution is 2.43. The fraction of sp³-hybridized carbons (Fsp3) is 0.892. The second kappa shape index (κ2) is 64.2. The zero-order valence-corrected chi connectivity index (χ0v) is 57.8. The third kappa shape index (κ3) is 64.7. The number of ether oxygens (including phenoxy) is 1. The Morgan fingerprint density at radius 3 is 1.10 bits per heavy atom. The van der Waals surface area contributed by atoms with Crippen molar-refractivity contribution in [1.29, 1.82) is 0 Å². The fourth-order valence-electron chi connectivity index (χ4n) is 11.2. The Bertz CT molecular complexity index is 1530. The van der Waals surface area contributed by atoms with E-state index >= 15 is 0 Å². The summed E-state index contributed by atoms with van der Waals surface area (Å²) in [6, 6.07) is -0.847. The second-order valence-electron chi connectivity index (χ2n) is 26.5. The molecule has 0 heterocycles. The number of nitrogens with zero attached hydrogens (tertiary/aromatic N) is 1. The van der Waals surface area contributed by atoms with Crippen molar-refractivity contribution in [2.75, 3.05) is 40.9 Å². The number of hydrogen-bond donors (Lipinski definition) is 2. The molecule has 0 aliphatic heterocycles. The summed E-state index contributed by atoms with van der Waals surface area (Å²) < 4.78 is 30.9. The lowest BCUT2D eigenvalue weighted by atomic mass is 10.0. The van der Waals surface area contributed by atoms with Gasteiger partial charge >= 0.3 is 13.8 Å². The molecule has 0 saturated carbocycles. The van der Waals surface area contributed by atoms with Crippen LogP contribution in [-0.4, -0.2) is 74.3 Å². The highest BCUT2D eigenvalue weighted by atomic mass is 31.2. The molecule has 3 atom stereocenters.